The second-order valence-corrected chi connectivity index (χ2v) is 4.06. The summed E-state index contributed by atoms with van der Waals surface area (Å²) in [5, 5.41) is 7.14. The van der Waals surface area contributed by atoms with Crippen molar-refractivity contribution >= 4 is 17.5 Å². The summed E-state index contributed by atoms with van der Waals surface area (Å²) in [6, 6.07) is 0.0899. The molecular formula is C11H12ClN7. The van der Waals surface area contributed by atoms with Crippen molar-refractivity contribution in [3.8, 4) is 18.3 Å². The van der Waals surface area contributed by atoms with Crippen molar-refractivity contribution in [2.45, 2.75) is 25.8 Å². The van der Waals surface area contributed by atoms with Crippen molar-refractivity contribution in [2.75, 3.05) is 5.32 Å². The van der Waals surface area contributed by atoms with Crippen molar-refractivity contribution in [2.24, 2.45) is 0 Å². The number of halogens is 1. The first kappa shape index (κ1) is 13.2. The lowest BCUT2D eigenvalue weighted by atomic mass is 10.2. The van der Waals surface area contributed by atoms with Gasteiger partial charge in [-0.1, -0.05) is 6.92 Å². The maximum absolute atomic E-state index is 5.87. The Morgan fingerprint density at radius 2 is 2.32 bits per heavy atom. The fourth-order valence-electron chi connectivity index (χ4n) is 1.44. The minimum Gasteiger partial charge on any atom is -0.350 e. The first-order valence-corrected chi connectivity index (χ1v) is 6.07. The smallest absolute Gasteiger partial charge is 0.258 e. The van der Waals surface area contributed by atoms with E-state index in [-0.39, 0.29) is 11.3 Å². The zero-order chi connectivity index (χ0) is 13.7. The predicted octanol–water partition coefficient (Wildman–Crippen LogP) is 1.32. The van der Waals surface area contributed by atoms with Gasteiger partial charge in [0.05, 0.1) is 0 Å². The molecule has 2 rings (SSSR count). The van der Waals surface area contributed by atoms with Crippen LogP contribution in [-0.4, -0.2) is 35.8 Å². The van der Waals surface area contributed by atoms with Crippen molar-refractivity contribution < 1.29 is 0 Å². The van der Waals surface area contributed by atoms with Gasteiger partial charge < -0.3 is 5.32 Å². The van der Waals surface area contributed by atoms with Crippen molar-refractivity contribution in [1.29, 1.82) is 0 Å². The number of anilines is 1. The zero-order valence-corrected chi connectivity index (χ0v) is 11.0. The Balaban J connectivity index is 2.24. The molecule has 1 atom stereocenters. The third kappa shape index (κ3) is 3.39. The highest BCUT2D eigenvalue weighted by Gasteiger charge is 2.11. The van der Waals surface area contributed by atoms with Crippen LogP contribution in [0.3, 0.4) is 0 Å². The third-order valence-electron chi connectivity index (χ3n) is 2.41. The monoisotopic (exact) mass is 277 g/mol. The molecule has 2 heterocycles. The van der Waals surface area contributed by atoms with E-state index in [4.69, 9.17) is 18.0 Å². The lowest BCUT2D eigenvalue weighted by Crippen LogP contribution is -2.20. The molecule has 98 valence electrons. The Morgan fingerprint density at radius 1 is 1.47 bits per heavy atom. The summed E-state index contributed by atoms with van der Waals surface area (Å²) in [5.41, 5.74) is 0. The topological polar surface area (TPSA) is 81.4 Å². The van der Waals surface area contributed by atoms with Crippen LogP contribution in [0.15, 0.2) is 12.7 Å². The van der Waals surface area contributed by atoms with Crippen LogP contribution in [0.25, 0.3) is 5.95 Å². The van der Waals surface area contributed by atoms with Gasteiger partial charge in [-0.05, 0) is 18.0 Å². The van der Waals surface area contributed by atoms with Crippen molar-refractivity contribution in [1.82, 2.24) is 29.7 Å². The Bertz CT molecular complexity index is 575. The van der Waals surface area contributed by atoms with Crippen molar-refractivity contribution in [3.63, 3.8) is 0 Å². The Labute approximate surface area is 115 Å². The van der Waals surface area contributed by atoms with E-state index in [1.165, 1.54) is 17.3 Å². The molecule has 0 aliphatic rings. The largest absolute Gasteiger partial charge is 0.350 e. The average Bonchev–Trinajstić information content (AvgIpc) is 2.91. The van der Waals surface area contributed by atoms with Crippen LogP contribution in [-0.2, 0) is 0 Å². The van der Waals surface area contributed by atoms with Gasteiger partial charge in [0.15, 0.2) is 0 Å². The number of hydrogen-bond donors (Lipinski definition) is 1. The van der Waals surface area contributed by atoms with Gasteiger partial charge in [0, 0.05) is 12.5 Å². The lowest BCUT2D eigenvalue weighted by molar-refractivity contribution is 0.700. The molecule has 2 aromatic rings. The summed E-state index contributed by atoms with van der Waals surface area (Å²) in [5.74, 6) is 3.27. The molecule has 8 heteroatoms. The molecule has 0 saturated heterocycles. The van der Waals surface area contributed by atoms with Crippen molar-refractivity contribution in [3.05, 3.63) is 17.9 Å². The highest BCUT2D eigenvalue weighted by molar-refractivity contribution is 6.28. The van der Waals surface area contributed by atoms with Crippen LogP contribution >= 0.6 is 11.6 Å². The molecule has 0 bridgehead atoms. The maximum atomic E-state index is 5.87. The first-order valence-electron chi connectivity index (χ1n) is 5.69. The van der Waals surface area contributed by atoms with Gasteiger partial charge in [-0.25, -0.2) is 4.98 Å². The summed E-state index contributed by atoms with van der Waals surface area (Å²) < 4.78 is 1.40. The molecule has 0 saturated carbocycles. The fraction of sp³-hybridized carbons (Fsp3) is 0.364. The van der Waals surface area contributed by atoms with Gasteiger partial charge in [-0.3, -0.25) is 0 Å². The molecule has 1 N–H and O–H groups in total. The van der Waals surface area contributed by atoms with Gasteiger partial charge in [-0.15, -0.1) is 12.3 Å². The number of terminal acetylenes is 1. The molecule has 2 aromatic heterocycles. The molecule has 19 heavy (non-hydrogen) atoms. The Kier molecular flexibility index (Phi) is 4.26. The van der Waals surface area contributed by atoms with E-state index in [9.17, 15) is 0 Å². The first-order chi connectivity index (χ1) is 9.22. The molecule has 0 fully saturated rings. The highest BCUT2D eigenvalue weighted by atomic mass is 35.5. The number of hydrogen-bond acceptors (Lipinski definition) is 6. The van der Waals surface area contributed by atoms with Gasteiger partial charge in [0.2, 0.25) is 11.2 Å². The van der Waals surface area contributed by atoms with Gasteiger partial charge in [0.25, 0.3) is 5.95 Å². The van der Waals surface area contributed by atoms with Crippen LogP contribution in [0.5, 0.6) is 0 Å². The van der Waals surface area contributed by atoms with E-state index in [1.54, 1.807) is 0 Å². The standard InChI is InChI=1S/C11H12ClN7/c1-3-5-8(4-2)15-10-16-9(12)17-11(18-10)19-7-13-6-14-19/h1,6-8H,4-5H2,2H3,(H,15,16,17,18). The average molecular weight is 278 g/mol. The summed E-state index contributed by atoms with van der Waals surface area (Å²) in [6.45, 7) is 2.02. The van der Waals surface area contributed by atoms with Gasteiger partial charge >= 0.3 is 0 Å². The van der Waals surface area contributed by atoms with Gasteiger partial charge in [0.1, 0.15) is 12.7 Å². The summed E-state index contributed by atoms with van der Waals surface area (Å²) in [6.07, 6.45) is 9.61. The molecular weight excluding hydrogens is 266 g/mol. The van der Waals surface area contributed by atoms with E-state index >= 15 is 0 Å². The van der Waals surface area contributed by atoms with E-state index in [0.29, 0.717) is 18.3 Å². The van der Waals surface area contributed by atoms with Crippen LogP contribution in [0, 0.1) is 12.3 Å². The molecule has 0 spiro atoms. The second-order valence-electron chi connectivity index (χ2n) is 3.73. The SMILES string of the molecule is C#CCC(CC)Nc1nc(Cl)nc(-n2cncn2)n1. The predicted molar refractivity (Wildman–Crippen MR) is 70.9 cm³/mol. The van der Waals surface area contributed by atoms with Crippen LogP contribution in [0.1, 0.15) is 19.8 Å². The normalized spacial score (nSPS) is 11.8. The Morgan fingerprint density at radius 3 is 2.95 bits per heavy atom. The molecule has 0 aliphatic carbocycles. The minimum atomic E-state index is 0.0820. The summed E-state index contributed by atoms with van der Waals surface area (Å²) in [4.78, 5) is 16.0. The third-order valence-corrected chi connectivity index (χ3v) is 2.58. The second kappa shape index (κ2) is 6.11. The van der Waals surface area contributed by atoms with E-state index in [1.807, 2.05) is 6.92 Å². The number of nitrogens with one attached hydrogen (secondary N) is 1. The van der Waals surface area contributed by atoms with E-state index in [2.05, 4.69) is 36.3 Å². The maximum Gasteiger partial charge on any atom is 0.258 e. The summed E-state index contributed by atoms with van der Waals surface area (Å²) in [7, 11) is 0. The molecule has 0 aromatic carbocycles. The molecule has 0 radical (unpaired) electrons. The van der Waals surface area contributed by atoms with Gasteiger partial charge in [-0.2, -0.15) is 24.7 Å². The lowest BCUT2D eigenvalue weighted by Gasteiger charge is -2.14. The van der Waals surface area contributed by atoms with Crippen LogP contribution in [0.4, 0.5) is 5.95 Å². The number of nitrogens with zero attached hydrogens (tertiary/aromatic N) is 6. The number of rotatable bonds is 5. The number of aromatic nitrogens is 6. The van der Waals surface area contributed by atoms with Crippen LogP contribution in [0.2, 0.25) is 5.28 Å². The van der Waals surface area contributed by atoms with E-state index in [0.717, 1.165) is 6.42 Å². The van der Waals surface area contributed by atoms with E-state index < -0.39 is 0 Å². The zero-order valence-electron chi connectivity index (χ0n) is 10.3. The van der Waals surface area contributed by atoms with Crippen LogP contribution < -0.4 is 5.32 Å². The minimum absolute atomic E-state index is 0.0820. The molecule has 1 unspecified atom stereocenters. The molecule has 0 amide bonds. The quantitative estimate of drug-likeness (QED) is 0.830. The summed E-state index contributed by atoms with van der Waals surface area (Å²) >= 11 is 5.87. The Hall–Kier alpha value is -2.20. The highest BCUT2D eigenvalue weighted by Crippen LogP contribution is 2.11. The molecule has 7 nitrogen and oxygen atoms in total. The molecule has 0 aliphatic heterocycles. The fourth-order valence-corrected chi connectivity index (χ4v) is 1.60.